The van der Waals surface area contributed by atoms with Crippen LogP contribution in [-0.4, -0.2) is 24.6 Å². The predicted octanol–water partition coefficient (Wildman–Crippen LogP) is 1.96. The highest BCUT2D eigenvalue weighted by molar-refractivity contribution is 5.89. The number of hydrogen-bond donors (Lipinski definition) is 0. The molecule has 0 aliphatic carbocycles. The van der Waals surface area contributed by atoms with Gasteiger partial charge in [-0.1, -0.05) is 24.8 Å². The third-order valence-corrected chi connectivity index (χ3v) is 1.94. The first-order valence-corrected chi connectivity index (χ1v) is 5.18. The standard InChI is InChI=1S/C13H14O4/c1-3-12(14)16-9-10(2)17-13(15)11-7-5-4-6-8-11/h3-8,10H,1,9H2,2H3. The number of ether oxygens (including phenoxy) is 2. The molecule has 4 nitrogen and oxygen atoms in total. The van der Waals surface area contributed by atoms with E-state index in [1.54, 1.807) is 31.2 Å². The molecule has 17 heavy (non-hydrogen) atoms. The van der Waals surface area contributed by atoms with Crippen LogP contribution in [0.3, 0.4) is 0 Å². The van der Waals surface area contributed by atoms with Gasteiger partial charge in [0.2, 0.25) is 0 Å². The monoisotopic (exact) mass is 234 g/mol. The number of carbonyl (C=O) groups is 2. The van der Waals surface area contributed by atoms with Gasteiger partial charge in [-0.05, 0) is 19.1 Å². The Kier molecular flexibility index (Phi) is 4.94. The van der Waals surface area contributed by atoms with Crippen LogP contribution in [0.4, 0.5) is 0 Å². The quantitative estimate of drug-likeness (QED) is 0.577. The van der Waals surface area contributed by atoms with Crippen molar-refractivity contribution in [1.82, 2.24) is 0 Å². The van der Waals surface area contributed by atoms with E-state index < -0.39 is 18.0 Å². The molecule has 1 rings (SSSR count). The number of benzene rings is 1. The lowest BCUT2D eigenvalue weighted by atomic mass is 10.2. The minimum Gasteiger partial charge on any atom is -0.459 e. The molecule has 0 aromatic heterocycles. The third-order valence-electron chi connectivity index (χ3n) is 1.94. The second-order valence-electron chi connectivity index (χ2n) is 3.42. The summed E-state index contributed by atoms with van der Waals surface area (Å²) in [5, 5.41) is 0. The fourth-order valence-electron chi connectivity index (χ4n) is 1.12. The number of esters is 2. The molecule has 1 unspecified atom stereocenters. The van der Waals surface area contributed by atoms with Crippen molar-refractivity contribution in [2.45, 2.75) is 13.0 Å². The van der Waals surface area contributed by atoms with Crippen LogP contribution in [0.5, 0.6) is 0 Å². The van der Waals surface area contributed by atoms with E-state index in [9.17, 15) is 9.59 Å². The van der Waals surface area contributed by atoms with Crippen molar-refractivity contribution in [2.75, 3.05) is 6.61 Å². The van der Waals surface area contributed by atoms with Crippen molar-refractivity contribution in [3.05, 3.63) is 48.6 Å². The predicted molar refractivity (Wildman–Crippen MR) is 62.5 cm³/mol. The highest BCUT2D eigenvalue weighted by atomic mass is 16.6. The summed E-state index contributed by atoms with van der Waals surface area (Å²) in [4.78, 5) is 22.4. The van der Waals surface area contributed by atoms with Crippen molar-refractivity contribution in [1.29, 1.82) is 0 Å². The van der Waals surface area contributed by atoms with Crippen LogP contribution in [0.25, 0.3) is 0 Å². The van der Waals surface area contributed by atoms with Gasteiger partial charge in [0.15, 0.2) is 0 Å². The molecule has 0 amide bonds. The van der Waals surface area contributed by atoms with Crippen molar-refractivity contribution in [3.63, 3.8) is 0 Å². The number of rotatable bonds is 5. The van der Waals surface area contributed by atoms with Gasteiger partial charge in [-0.3, -0.25) is 0 Å². The molecule has 0 saturated carbocycles. The molecule has 90 valence electrons. The van der Waals surface area contributed by atoms with Crippen molar-refractivity contribution in [3.8, 4) is 0 Å². The van der Waals surface area contributed by atoms with Gasteiger partial charge in [0, 0.05) is 6.08 Å². The average molecular weight is 234 g/mol. The Labute approximate surface area is 99.8 Å². The Hall–Kier alpha value is -2.10. The Bertz CT molecular complexity index is 397. The van der Waals surface area contributed by atoms with E-state index in [0.717, 1.165) is 6.08 Å². The van der Waals surface area contributed by atoms with Crippen LogP contribution in [-0.2, 0) is 14.3 Å². The van der Waals surface area contributed by atoms with Crippen molar-refractivity contribution < 1.29 is 19.1 Å². The normalized spacial score (nSPS) is 11.4. The SMILES string of the molecule is C=CC(=O)OCC(C)OC(=O)c1ccccc1. The van der Waals surface area contributed by atoms with Crippen LogP contribution in [0.15, 0.2) is 43.0 Å². The maximum Gasteiger partial charge on any atom is 0.338 e. The van der Waals surface area contributed by atoms with Gasteiger partial charge in [0.1, 0.15) is 12.7 Å². The molecule has 1 aromatic carbocycles. The van der Waals surface area contributed by atoms with Crippen molar-refractivity contribution in [2.24, 2.45) is 0 Å². The van der Waals surface area contributed by atoms with Crippen LogP contribution < -0.4 is 0 Å². The van der Waals surface area contributed by atoms with Crippen LogP contribution in [0.2, 0.25) is 0 Å². The van der Waals surface area contributed by atoms with E-state index in [4.69, 9.17) is 9.47 Å². The van der Waals surface area contributed by atoms with E-state index in [0.29, 0.717) is 5.56 Å². The molecular weight excluding hydrogens is 220 g/mol. The summed E-state index contributed by atoms with van der Waals surface area (Å²) >= 11 is 0. The Morgan fingerprint density at radius 3 is 2.59 bits per heavy atom. The largest absolute Gasteiger partial charge is 0.459 e. The zero-order valence-electron chi connectivity index (χ0n) is 9.59. The summed E-state index contributed by atoms with van der Waals surface area (Å²) in [7, 11) is 0. The van der Waals surface area contributed by atoms with Gasteiger partial charge in [0.05, 0.1) is 5.56 Å². The zero-order chi connectivity index (χ0) is 12.7. The van der Waals surface area contributed by atoms with E-state index in [2.05, 4.69) is 6.58 Å². The second kappa shape index (κ2) is 6.48. The fourth-order valence-corrected chi connectivity index (χ4v) is 1.12. The molecule has 0 spiro atoms. The molecule has 0 aliphatic rings. The van der Waals surface area contributed by atoms with E-state index in [1.165, 1.54) is 0 Å². The molecule has 0 fully saturated rings. The van der Waals surface area contributed by atoms with Crippen molar-refractivity contribution >= 4 is 11.9 Å². The highest BCUT2D eigenvalue weighted by Gasteiger charge is 2.12. The van der Waals surface area contributed by atoms with Crippen LogP contribution in [0, 0.1) is 0 Å². The molecule has 0 N–H and O–H groups in total. The molecule has 1 atom stereocenters. The smallest absolute Gasteiger partial charge is 0.338 e. The molecule has 0 aliphatic heterocycles. The van der Waals surface area contributed by atoms with Gasteiger partial charge >= 0.3 is 11.9 Å². The van der Waals surface area contributed by atoms with Crippen LogP contribution in [0.1, 0.15) is 17.3 Å². The lowest BCUT2D eigenvalue weighted by molar-refractivity contribution is -0.140. The van der Waals surface area contributed by atoms with Gasteiger partial charge in [-0.25, -0.2) is 9.59 Å². The zero-order valence-corrected chi connectivity index (χ0v) is 9.59. The number of hydrogen-bond acceptors (Lipinski definition) is 4. The lowest BCUT2D eigenvalue weighted by Gasteiger charge is -2.12. The van der Waals surface area contributed by atoms with Gasteiger partial charge in [-0.15, -0.1) is 0 Å². The van der Waals surface area contributed by atoms with Gasteiger partial charge in [0.25, 0.3) is 0 Å². The maximum absolute atomic E-state index is 11.6. The lowest BCUT2D eigenvalue weighted by Crippen LogP contribution is -2.21. The number of carbonyl (C=O) groups excluding carboxylic acids is 2. The maximum atomic E-state index is 11.6. The Morgan fingerprint density at radius 1 is 1.35 bits per heavy atom. The average Bonchev–Trinajstić information content (AvgIpc) is 2.36. The van der Waals surface area contributed by atoms with E-state index in [1.807, 2.05) is 6.07 Å². The fraction of sp³-hybridized carbons (Fsp3) is 0.231. The third kappa shape index (κ3) is 4.51. The topological polar surface area (TPSA) is 52.6 Å². The molecule has 0 heterocycles. The van der Waals surface area contributed by atoms with Gasteiger partial charge in [-0.2, -0.15) is 0 Å². The molecule has 1 aromatic rings. The Morgan fingerprint density at radius 2 is 2.00 bits per heavy atom. The summed E-state index contributed by atoms with van der Waals surface area (Å²) < 4.78 is 9.84. The first-order valence-electron chi connectivity index (χ1n) is 5.18. The highest BCUT2D eigenvalue weighted by Crippen LogP contribution is 2.04. The van der Waals surface area contributed by atoms with Crippen LogP contribution >= 0.6 is 0 Å². The first kappa shape index (κ1) is 13.0. The molecule has 0 bridgehead atoms. The first-order chi connectivity index (χ1) is 8.13. The summed E-state index contributed by atoms with van der Waals surface area (Å²) in [6.45, 7) is 4.93. The summed E-state index contributed by atoms with van der Waals surface area (Å²) in [5.41, 5.74) is 0.467. The Balaban J connectivity index is 2.41. The molecule has 4 heteroatoms. The summed E-state index contributed by atoms with van der Waals surface area (Å²) in [6.07, 6.45) is 0.567. The molecular formula is C13H14O4. The van der Waals surface area contributed by atoms with E-state index in [-0.39, 0.29) is 6.61 Å². The van der Waals surface area contributed by atoms with E-state index >= 15 is 0 Å². The second-order valence-corrected chi connectivity index (χ2v) is 3.42. The minimum atomic E-state index is -0.535. The summed E-state index contributed by atoms with van der Waals surface area (Å²) in [5.74, 6) is -0.972. The molecule has 0 radical (unpaired) electrons. The summed E-state index contributed by atoms with van der Waals surface area (Å²) in [6, 6.07) is 8.62. The molecule has 0 saturated heterocycles. The van der Waals surface area contributed by atoms with Gasteiger partial charge < -0.3 is 9.47 Å². The minimum absolute atomic E-state index is 0.0173.